The Labute approximate surface area is 117 Å². The van der Waals surface area contributed by atoms with Gasteiger partial charge in [0.2, 0.25) is 0 Å². The Balaban J connectivity index is 2.15. The summed E-state index contributed by atoms with van der Waals surface area (Å²) in [7, 11) is 1.71. The summed E-state index contributed by atoms with van der Waals surface area (Å²) in [6.07, 6.45) is 0. The average Bonchev–Trinajstić information content (AvgIpc) is 2.82. The van der Waals surface area contributed by atoms with Gasteiger partial charge in [-0.25, -0.2) is 4.79 Å². The Morgan fingerprint density at radius 3 is 2.70 bits per heavy atom. The van der Waals surface area contributed by atoms with Gasteiger partial charge in [-0.05, 0) is 26.0 Å². The normalized spacial score (nSPS) is 28.9. The molecular weight excluding hydrogens is 256 g/mol. The number of nitrogens with zero attached hydrogens (tertiary/aromatic N) is 2. The van der Waals surface area contributed by atoms with Crippen LogP contribution in [0.25, 0.3) is 0 Å². The summed E-state index contributed by atoms with van der Waals surface area (Å²) < 4.78 is 0. The zero-order valence-electron chi connectivity index (χ0n) is 11.8. The Morgan fingerprint density at radius 1 is 1.40 bits per heavy atom. The first-order valence-corrected chi connectivity index (χ1v) is 6.62. The molecule has 0 spiro atoms. The van der Waals surface area contributed by atoms with Crippen LogP contribution in [-0.4, -0.2) is 36.5 Å². The van der Waals surface area contributed by atoms with E-state index in [0.29, 0.717) is 12.2 Å². The SMILES string of the molecule is C[C@@H]1CN([C@]2(C)C(=O)N(C)c3cc(N)ccc32)C(=O)N1. The van der Waals surface area contributed by atoms with Crippen LogP contribution in [0, 0.1) is 0 Å². The van der Waals surface area contributed by atoms with Crippen molar-refractivity contribution in [3.63, 3.8) is 0 Å². The maximum atomic E-state index is 12.7. The fourth-order valence-electron chi connectivity index (χ4n) is 3.13. The molecule has 6 heteroatoms. The monoisotopic (exact) mass is 274 g/mol. The Bertz CT molecular complexity index is 615. The first kappa shape index (κ1) is 12.8. The molecule has 0 radical (unpaired) electrons. The molecule has 20 heavy (non-hydrogen) atoms. The van der Waals surface area contributed by atoms with Crippen molar-refractivity contribution in [2.75, 3.05) is 24.2 Å². The van der Waals surface area contributed by atoms with Gasteiger partial charge >= 0.3 is 6.03 Å². The molecule has 1 saturated heterocycles. The van der Waals surface area contributed by atoms with Gasteiger partial charge in [0.05, 0.1) is 5.69 Å². The van der Waals surface area contributed by atoms with Gasteiger partial charge in [-0.3, -0.25) is 4.79 Å². The molecule has 0 saturated carbocycles. The van der Waals surface area contributed by atoms with E-state index in [9.17, 15) is 9.59 Å². The lowest BCUT2D eigenvalue weighted by molar-refractivity contribution is -0.126. The van der Waals surface area contributed by atoms with Crippen LogP contribution < -0.4 is 16.0 Å². The molecule has 2 atom stereocenters. The lowest BCUT2D eigenvalue weighted by Crippen LogP contribution is -2.51. The van der Waals surface area contributed by atoms with Crippen molar-refractivity contribution in [2.24, 2.45) is 0 Å². The number of benzene rings is 1. The van der Waals surface area contributed by atoms with Crippen molar-refractivity contribution in [1.82, 2.24) is 10.2 Å². The molecule has 3 amide bonds. The van der Waals surface area contributed by atoms with Crippen molar-refractivity contribution < 1.29 is 9.59 Å². The smallest absolute Gasteiger partial charge is 0.318 e. The number of amides is 3. The second kappa shape index (κ2) is 3.88. The van der Waals surface area contributed by atoms with Crippen molar-refractivity contribution in [3.05, 3.63) is 23.8 Å². The van der Waals surface area contributed by atoms with E-state index in [1.54, 1.807) is 35.9 Å². The van der Waals surface area contributed by atoms with Crippen molar-refractivity contribution in [2.45, 2.75) is 25.4 Å². The number of hydrogen-bond donors (Lipinski definition) is 2. The third kappa shape index (κ3) is 1.44. The Hall–Kier alpha value is -2.24. The van der Waals surface area contributed by atoms with Crippen molar-refractivity contribution in [3.8, 4) is 0 Å². The third-order valence-corrected chi connectivity index (χ3v) is 4.24. The highest BCUT2D eigenvalue weighted by atomic mass is 16.2. The van der Waals surface area contributed by atoms with Crippen LogP contribution in [0.1, 0.15) is 19.4 Å². The molecule has 3 rings (SSSR count). The maximum absolute atomic E-state index is 12.7. The molecule has 2 heterocycles. The highest BCUT2D eigenvalue weighted by Crippen LogP contribution is 2.44. The number of rotatable bonds is 1. The topological polar surface area (TPSA) is 78.7 Å². The number of anilines is 2. The molecule has 0 aliphatic carbocycles. The summed E-state index contributed by atoms with van der Waals surface area (Å²) in [5.74, 6) is -0.109. The average molecular weight is 274 g/mol. The summed E-state index contributed by atoms with van der Waals surface area (Å²) in [5.41, 5.74) is 7.03. The molecular formula is C14H18N4O2. The van der Waals surface area contributed by atoms with E-state index in [2.05, 4.69) is 5.32 Å². The van der Waals surface area contributed by atoms with Gasteiger partial charge < -0.3 is 20.9 Å². The minimum atomic E-state index is -0.966. The summed E-state index contributed by atoms with van der Waals surface area (Å²) in [6, 6.07) is 5.21. The minimum Gasteiger partial charge on any atom is -0.399 e. The first-order chi connectivity index (χ1) is 9.35. The second-order valence-corrected chi connectivity index (χ2v) is 5.67. The largest absolute Gasteiger partial charge is 0.399 e. The zero-order chi connectivity index (χ0) is 14.7. The standard InChI is InChI=1S/C14H18N4O2/c1-8-7-18(13(20)16-8)14(2)10-5-4-9(15)6-11(10)17(3)12(14)19/h4-6,8H,7,15H2,1-3H3,(H,16,20)/t8-,14+/m1/s1. The predicted molar refractivity (Wildman–Crippen MR) is 76.3 cm³/mol. The van der Waals surface area contributed by atoms with Crippen molar-refractivity contribution in [1.29, 1.82) is 0 Å². The van der Waals surface area contributed by atoms with Crippen LogP contribution in [0.5, 0.6) is 0 Å². The summed E-state index contributed by atoms with van der Waals surface area (Å²) in [5, 5.41) is 2.84. The minimum absolute atomic E-state index is 0.0373. The second-order valence-electron chi connectivity index (χ2n) is 5.67. The molecule has 2 aliphatic rings. The molecule has 0 aromatic heterocycles. The highest BCUT2D eigenvalue weighted by Gasteiger charge is 2.53. The number of hydrogen-bond acceptors (Lipinski definition) is 3. The van der Waals surface area contributed by atoms with Crippen LogP contribution in [-0.2, 0) is 10.3 Å². The molecule has 2 aliphatic heterocycles. The molecule has 0 bridgehead atoms. The van der Waals surface area contributed by atoms with Gasteiger partial charge in [-0.1, -0.05) is 6.07 Å². The van der Waals surface area contributed by atoms with E-state index in [1.807, 2.05) is 13.0 Å². The van der Waals surface area contributed by atoms with Gasteiger partial charge in [0.1, 0.15) is 5.54 Å². The first-order valence-electron chi connectivity index (χ1n) is 6.62. The fourth-order valence-corrected chi connectivity index (χ4v) is 3.13. The van der Waals surface area contributed by atoms with E-state index >= 15 is 0 Å². The third-order valence-electron chi connectivity index (χ3n) is 4.24. The molecule has 3 N–H and O–H groups in total. The number of carbonyl (C=O) groups excluding carboxylic acids is 2. The van der Waals surface area contributed by atoms with E-state index in [-0.39, 0.29) is 18.0 Å². The van der Waals surface area contributed by atoms with E-state index in [4.69, 9.17) is 5.73 Å². The molecule has 106 valence electrons. The number of nitrogen functional groups attached to an aromatic ring is 1. The predicted octanol–water partition coefficient (Wildman–Crippen LogP) is 0.874. The molecule has 6 nitrogen and oxygen atoms in total. The zero-order valence-corrected chi connectivity index (χ0v) is 11.8. The van der Waals surface area contributed by atoms with E-state index in [1.165, 1.54) is 0 Å². The van der Waals surface area contributed by atoms with Gasteiger partial charge in [-0.15, -0.1) is 0 Å². The summed E-state index contributed by atoms with van der Waals surface area (Å²) in [4.78, 5) is 28.0. The van der Waals surface area contributed by atoms with Gasteiger partial charge in [0.25, 0.3) is 5.91 Å². The number of urea groups is 1. The number of likely N-dealkylation sites (N-methyl/N-ethyl adjacent to an activating group) is 1. The van der Waals surface area contributed by atoms with Crippen molar-refractivity contribution >= 4 is 23.3 Å². The van der Waals surface area contributed by atoms with Crippen LogP contribution in [0.15, 0.2) is 18.2 Å². The van der Waals surface area contributed by atoms with E-state index < -0.39 is 5.54 Å². The fraction of sp³-hybridized carbons (Fsp3) is 0.429. The summed E-state index contributed by atoms with van der Waals surface area (Å²) >= 11 is 0. The Kier molecular flexibility index (Phi) is 2.48. The number of fused-ring (bicyclic) bond motifs is 1. The van der Waals surface area contributed by atoms with Crippen LogP contribution in [0.4, 0.5) is 16.2 Å². The number of nitrogens with two attached hydrogens (primary N) is 1. The molecule has 1 aromatic carbocycles. The van der Waals surface area contributed by atoms with Crippen LogP contribution >= 0.6 is 0 Å². The quantitative estimate of drug-likeness (QED) is 0.746. The highest BCUT2D eigenvalue weighted by molar-refractivity contribution is 6.09. The molecule has 1 aromatic rings. The number of carbonyl (C=O) groups is 2. The van der Waals surface area contributed by atoms with Gasteiger partial charge in [0, 0.05) is 30.9 Å². The molecule has 1 fully saturated rings. The molecule has 0 unspecified atom stereocenters. The van der Waals surface area contributed by atoms with Gasteiger partial charge in [0.15, 0.2) is 0 Å². The number of nitrogens with one attached hydrogen (secondary N) is 1. The maximum Gasteiger partial charge on any atom is 0.318 e. The van der Waals surface area contributed by atoms with Gasteiger partial charge in [-0.2, -0.15) is 0 Å². The van der Waals surface area contributed by atoms with Crippen LogP contribution in [0.3, 0.4) is 0 Å². The Morgan fingerprint density at radius 2 is 2.10 bits per heavy atom. The lowest BCUT2D eigenvalue weighted by Gasteiger charge is -2.33. The summed E-state index contributed by atoms with van der Waals surface area (Å²) in [6.45, 7) is 4.23. The lowest BCUT2D eigenvalue weighted by atomic mass is 9.91. The van der Waals surface area contributed by atoms with E-state index in [0.717, 1.165) is 11.3 Å². The van der Waals surface area contributed by atoms with Crippen LogP contribution in [0.2, 0.25) is 0 Å².